The van der Waals surface area contributed by atoms with Gasteiger partial charge in [0.25, 0.3) is 11.8 Å². The van der Waals surface area contributed by atoms with E-state index < -0.39 is 23.9 Å². The van der Waals surface area contributed by atoms with Crippen LogP contribution in [0.2, 0.25) is 0 Å². The van der Waals surface area contributed by atoms with E-state index in [1.54, 1.807) is 87.1 Å². The van der Waals surface area contributed by atoms with Crippen molar-refractivity contribution in [3.63, 3.8) is 0 Å². The number of aliphatic imine (C=N–C) groups is 2. The van der Waals surface area contributed by atoms with Crippen molar-refractivity contribution in [1.29, 1.82) is 0 Å². The first-order valence-electron chi connectivity index (χ1n) is 27.1. The minimum absolute atomic E-state index is 0.0295. The van der Waals surface area contributed by atoms with Crippen molar-refractivity contribution in [2.24, 2.45) is 21.6 Å². The maximum absolute atomic E-state index is 14.1. The molecule has 4 heterocycles. The number of primary amides is 1. The summed E-state index contributed by atoms with van der Waals surface area (Å²) in [7, 11) is 6.30. The molecule has 4 aliphatic rings. The largest absolute Gasteiger partial charge is 0.493 e. The minimum atomic E-state index is -1.04. The summed E-state index contributed by atoms with van der Waals surface area (Å²) < 4.78 is 24.2. The van der Waals surface area contributed by atoms with Gasteiger partial charge >= 0.3 is 0 Å². The number of para-hydroxylation sites is 2. The van der Waals surface area contributed by atoms with E-state index in [4.69, 9.17) is 34.7 Å². The summed E-state index contributed by atoms with van der Waals surface area (Å²) in [5.74, 6) is -1.06. The van der Waals surface area contributed by atoms with Gasteiger partial charge < -0.3 is 40.6 Å². The lowest BCUT2D eigenvalue weighted by molar-refractivity contribution is -0.131. The summed E-state index contributed by atoms with van der Waals surface area (Å²) in [6.45, 7) is 11.3. The van der Waals surface area contributed by atoms with Crippen LogP contribution in [0.5, 0.6) is 23.0 Å². The standard InChI is InChI=1S/C61H68N8O10S2/c1-34(2)56(67-55(71)19-20-61(5,6)81-80-35(3)17-18-54(62)70)58(73)65-36(4)57(72)66-41-22-37(32-78-52-28-46-44(26-50(52)76-7)59(74)68-42(30-63-46)24-39-13-9-11-15-48(39)68)21-38(23-41)33-79-53-29-47-45(27-51(53)77-8)60(75)69-43(31-64-47)25-40-14-10-12-16-49(40)69/h9-16,21-23,26-31,34-36,42-43,56H,17-20,24-25,32-33H2,1-8H3,(H2,62,70)(H,65,73)(H,66,72)(H,67,71)/t35?,36-,42-,43-,56-/m0/s1. The number of nitrogens with one attached hydrogen (secondary N) is 3. The van der Waals surface area contributed by atoms with Crippen LogP contribution in [0.3, 0.4) is 0 Å². The zero-order valence-corrected chi connectivity index (χ0v) is 48.3. The molecule has 81 heavy (non-hydrogen) atoms. The monoisotopic (exact) mass is 1140 g/mol. The quantitative estimate of drug-likeness (QED) is 0.0448. The predicted molar refractivity (Wildman–Crippen MR) is 318 cm³/mol. The fourth-order valence-electron chi connectivity index (χ4n) is 10.2. The number of hydrogen-bond acceptors (Lipinski definition) is 14. The van der Waals surface area contributed by atoms with Crippen molar-refractivity contribution in [3.8, 4) is 23.0 Å². The van der Waals surface area contributed by atoms with Crippen LogP contribution < -0.4 is 50.4 Å². The van der Waals surface area contributed by atoms with Crippen molar-refractivity contribution in [2.75, 3.05) is 29.3 Å². The topological polar surface area (TPSA) is 233 Å². The highest BCUT2D eigenvalue weighted by atomic mass is 33.1. The summed E-state index contributed by atoms with van der Waals surface area (Å²) in [4.78, 5) is 93.8. The van der Waals surface area contributed by atoms with Crippen LogP contribution >= 0.6 is 21.6 Å². The Morgan fingerprint density at radius 2 is 1.21 bits per heavy atom. The molecular formula is C61H68N8O10S2. The zero-order chi connectivity index (χ0) is 57.7. The summed E-state index contributed by atoms with van der Waals surface area (Å²) in [5.41, 5.74) is 12.3. The molecule has 5 atom stereocenters. The summed E-state index contributed by atoms with van der Waals surface area (Å²) in [6.07, 6.45) is 6.56. The highest BCUT2D eigenvalue weighted by molar-refractivity contribution is 8.77. The summed E-state index contributed by atoms with van der Waals surface area (Å²) in [6, 6.07) is 25.2. The van der Waals surface area contributed by atoms with Gasteiger partial charge in [-0.2, -0.15) is 0 Å². The number of nitrogens with two attached hydrogens (primary N) is 1. The van der Waals surface area contributed by atoms with Crippen molar-refractivity contribution >= 4 is 97.9 Å². The number of rotatable bonds is 23. The number of anilines is 3. The van der Waals surface area contributed by atoms with Gasteiger partial charge in [-0.3, -0.25) is 48.6 Å². The van der Waals surface area contributed by atoms with Crippen LogP contribution in [0.1, 0.15) is 110 Å². The molecule has 9 rings (SSSR count). The van der Waals surface area contributed by atoms with Gasteiger partial charge in [0.15, 0.2) is 23.0 Å². The van der Waals surface area contributed by atoms with E-state index in [2.05, 4.69) is 16.0 Å². The highest BCUT2D eigenvalue weighted by Gasteiger charge is 2.38. The maximum Gasteiger partial charge on any atom is 0.261 e. The predicted octanol–water partition coefficient (Wildman–Crippen LogP) is 9.61. The molecule has 5 aromatic carbocycles. The number of carbonyl (C=O) groups is 6. The Morgan fingerprint density at radius 1 is 0.691 bits per heavy atom. The maximum atomic E-state index is 14.1. The molecule has 0 radical (unpaired) electrons. The molecule has 1 unspecified atom stereocenters. The van der Waals surface area contributed by atoms with Crippen molar-refractivity contribution in [1.82, 2.24) is 10.6 Å². The number of amides is 6. The van der Waals surface area contributed by atoms with Crippen LogP contribution in [0, 0.1) is 5.92 Å². The van der Waals surface area contributed by atoms with Crippen LogP contribution in [0.25, 0.3) is 0 Å². The smallest absolute Gasteiger partial charge is 0.261 e. The number of hydrogen-bond donors (Lipinski definition) is 4. The average molecular weight is 1140 g/mol. The molecule has 424 valence electrons. The molecule has 4 aliphatic heterocycles. The lowest BCUT2D eigenvalue weighted by Crippen LogP contribution is -2.53. The Balaban J connectivity index is 0.916. The number of ether oxygens (including phenoxy) is 4. The third kappa shape index (κ3) is 13.3. The van der Waals surface area contributed by atoms with Crippen molar-refractivity contribution in [3.05, 3.63) is 124 Å². The van der Waals surface area contributed by atoms with E-state index in [0.29, 0.717) is 94.4 Å². The van der Waals surface area contributed by atoms with Gasteiger partial charge in [0.05, 0.1) is 48.8 Å². The molecule has 0 saturated heterocycles. The Morgan fingerprint density at radius 3 is 1.70 bits per heavy atom. The SMILES string of the molecule is COc1cc2c(cc1OCc1cc(COc3cc4c(cc3OC)C(=O)N3c5ccccc5C[C@H]3C=N4)cc(NC(=O)[C@H](C)NC(=O)[C@@H](NC(=O)CCC(C)(C)SSC(C)CCC(N)=O)C(C)C)c1)N=C[C@@H]1Cc3ccccc3N1C2=O. The van der Waals surface area contributed by atoms with Gasteiger partial charge in [-0.25, -0.2) is 0 Å². The average Bonchev–Trinajstić information content (AvgIpc) is 4.08. The molecule has 5 aromatic rings. The van der Waals surface area contributed by atoms with Crippen LogP contribution in [-0.4, -0.2) is 96.3 Å². The molecule has 0 fully saturated rings. The van der Waals surface area contributed by atoms with E-state index in [0.717, 1.165) is 22.5 Å². The lowest BCUT2D eigenvalue weighted by Gasteiger charge is -2.26. The zero-order valence-electron chi connectivity index (χ0n) is 46.7. The number of methoxy groups -OCH3 is 2. The number of carbonyl (C=O) groups excluding carboxylic acids is 6. The molecule has 18 nitrogen and oxygen atoms in total. The van der Waals surface area contributed by atoms with Crippen molar-refractivity contribution in [2.45, 2.75) is 127 Å². The van der Waals surface area contributed by atoms with Crippen LogP contribution in [0.15, 0.2) is 101 Å². The second kappa shape index (κ2) is 24.9. The fraction of sp³-hybridized carbons (Fsp3) is 0.377. The van der Waals surface area contributed by atoms with Crippen molar-refractivity contribution < 1.29 is 47.7 Å². The molecular weight excluding hydrogens is 1070 g/mol. The summed E-state index contributed by atoms with van der Waals surface area (Å²) >= 11 is 0. The molecule has 0 aliphatic carbocycles. The third-order valence-electron chi connectivity index (χ3n) is 14.6. The molecule has 5 N–H and O–H groups in total. The first-order valence-corrected chi connectivity index (χ1v) is 29.3. The Kier molecular flexibility index (Phi) is 17.8. The lowest BCUT2D eigenvalue weighted by atomic mass is 10.0. The van der Waals surface area contributed by atoms with Gasteiger partial charge in [-0.15, -0.1) is 0 Å². The third-order valence-corrected chi connectivity index (χ3v) is 18.5. The summed E-state index contributed by atoms with van der Waals surface area (Å²) in [5, 5.41) is 8.84. The van der Waals surface area contributed by atoms with E-state index >= 15 is 0 Å². The minimum Gasteiger partial charge on any atom is -0.493 e. The van der Waals surface area contributed by atoms with Crippen LogP contribution in [-0.2, 0) is 45.2 Å². The number of benzene rings is 5. The second-order valence-electron chi connectivity index (χ2n) is 21.6. The van der Waals surface area contributed by atoms with Gasteiger partial charge in [-0.1, -0.05) is 78.8 Å². The van der Waals surface area contributed by atoms with E-state index in [9.17, 15) is 28.8 Å². The second-order valence-corrected chi connectivity index (χ2v) is 25.0. The Bertz CT molecular complexity index is 3170. The normalized spacial score (nSPS) is 16.8. The van der Waals surface area contributed by atoms with E-state index in [-0.39, 0.29) is 71.3 Å². The molecule has 0 bridgehead atoms. The van der Waals surface area contributed by atoms with E-state index in [1.807, 2.05) is 89.2 Å². The fourth-order valence-corrected chi connectivity index (χ4v) is 12.8. The highest BCUT2D eigenvalue weighted by Crippen LogP contribution is 2.45. The molecule has 6 amide bonds. The number of nitrogens with zero attached hydrogens (tertiary/aromatic N) is 4. The molecule has 0 aromatic heterocycles. The van der Waals surface area contributed by atoms with Crippen LogP contribution in [0.4, 0.5) is 28.4 Å². The Hall–Kier alpha value is -7.84. The van der Waals surface area contributed by atoms with Gasteiger partial charge in [0, 0.05) is 77.3 Å². The van der Waals surface area contributed by atoms with Gasteiger partial charge in [0.2, 0.25) is 23.6 Å². The first-order chi connectivity index (χ1) is 38.8. The molecule has 0 saturated carbocycles. The van der Waals surface area contributed by atoms with Gasteiger partial charge in [-0.05, 0) is 104 Å². The van der Waals surface area contributed by atoms with Gasteiger partial charge in [0.1, 0.15) is 25.3 Å². The number of fused-ring (bicyclic) bond motifs is 8. The van der Waals surface area contributed by atoms with E-state index in [1.165, 1.54) is 14.2 Å². The Labute approximate surface area is 479 Å². The first kappa shape index (κ1) is 57.8. The molecule has 0 spiro atoms. The molecule has 20 heteroatoms.